The maximum Gasteiger partial charge on any atom is 0.358 e. The van der Waals surface area contributed by atoms with Crippen LogP contribution in [0.3, 0.4) is 0 Å². The Morgan fingerprint density at radius 1 is 1.69 bits per heavy atom. The largest absolute Gasteiger partial charge is 0.464 e. The topological polar surface area (TPSA) is 64.2 Å². The van der Waals surface area contributed by atoms with E-state index in [1.807, 2.05) is 0 Å². The molecule has 0 fully saturated rings. The minimum Gasteiger partial charge on any atom is -0.464 e. The summed E-state index contributed by atoms with van der Waals surface area (Å²) in [5.74, 6) is -0.414. The standard InChI is InChI=1S/C8H10N2O3/c1-12-8(11)7-5-4-13-3-2-6(5)9-10-7/h2-4H2,1H3,(H,9,10). The smallest absolute Gasteiger partial charge is 0.358 e. The molecule has 0 bridgehead atoms. The fourth-order valence-electron chi connectivity index (χ4n) is 1.38. The number of rotatable bonds is 1. The highest BCUT2D eigenvalue weighted by Gasteiger charge is 2.22. The zero-order valence-corrected chi connectivity index (χ0v) is 7.29. The molecular formula is C8H10N2O3. The van der Waals surface area contributed by atoms with Crippen molar-refractivity contribution in [3.63, 3.8) is 0 Å². The van der Waals surface area contributed by atoms with Gasteiger partial charge in [0.25, 0.3) is 0 Å². The number of ether oxygens (including phenoxy) is 2. The maximum atomic E-state index is 11.2. The Bertz CT molecular complexity index is 332. The van der Waals surface area contributed by atoms with Crippen molar-refractivity contribution >= 4 is 5.97 Å². The molecule has 13 heavy (non-hydrogen) atoms. The van der Waals surface area contributed by atoms with Crippen LogP contribution in [-0.2, 0) is 22.5 Å². The first-order chi connectivity index (χ1) is 6.33. The van der Waals surface area contributed by atoms with Crippen LogP contribution in [-0.4, -0.2) is 29.9 Å². The van der Waals surface area contributed by atoms with E-state index in [0.29, 0.717) is 18.9 Å². The molecule has 0 spiro atoms. The highest BCUT2D eigenvalue weighted by Crippen LogP contribution is 2.18. The van der Waals surface area contributed by atoms with Gasteiger partial charge in [-0.3, -0.25) is 5.10 Å². The molecule has 1 aliphatic rings. The molecule has 0 saturated heterocycles. The predicted octanol–water partition coefficient (Wildman–Crippen LogP) is 0.269. The lowest BCUT2D eigenvalue weighted by atomic mass is 10.1. The van der Waals surface area contributed by atoms with Crippen molar-refractivity contribution in [2.45, 2.75) is 13.0 Å². The van der Waals surface area contributed by atoms with Crippen LogP contribution in [0.25, 0.3) is 0 Å². The van der Waals surface area contributed by atoms with Crippen molar-refractivity contribution in [3.05, 3.63) is 17.0 Å². The average Bonchev–Trinajstić information content (AvgIpc) is 2.60. The highest BCUT2D eigenvalue weighted by atomic mass is 16.5. The number of fused-ring (bicyclic) bond motifs is 1. The highest BCUT2D eigenvalue weighted by molar-refractivity contribution is 5.89. The zero-order valence-electron chi connectivity index (χ0n) is 7.29. The number of esters is 1. The van der Waals surface area contributed by atoms with Gasteiger partial charge in [0.2, 0.25) is 0 Å². The van der Waals surface area contributed by atoms with Crippen molar-refractivity contribution in [2.75, 3.05) is 13.7 Å². The summed E-state index contributed by atoms with van der Waals surface area (Å²) in [5, 5.41) is 6.70. The quantitative estimate of drug-likeness (QED) is 0.633. The van der Waals surface area contributed by atoms with Gasteiger partial charge in [-0.05, 0) is 0 Å². The molecule has 1 aliphatic heterocycles. The lowest BCUT2D eigenvalue weighted by Crippen LogP contribution is -2.12. The number of H-pyrrole nitrogens is 1. The summed E-state index contributed by atoms with van der Waals surface area (Å²) < 4.78 is 9.81. The van der Waals surface area contributed by atoms with Crippen molar-refractivity contribution in [1.82, 2.24) is 10.2 Å². The number of nitrogens with zero attached hydrogens (tertiary/aromatic N) is 1. The van der Waals surface area contributed by atoms with Crippen LogP contribution in [0.2, 0.25) is 0 Å². The third kappa shape index (κ3) is 1.31. The van der Waals surface area contributed by atoms with Crippen LogP contribution < -0.4 is 0 Å². The fourth-order valence-corrected chi connectivity index (χ4v) is 1.38. The Hall–Kier alpha value is -1.36. The van der Waals surface area contributed by atoms with E-state index in [1.165, 1.54) is 7.11 Å². The lowest BCUT2D eigenvalue weighted by molar-refractivity contribution is 0.0583. The van der Waals surface area contributed by atoms with Gasteiger partial charge < -0.3 is 9.47 Å². The van der Waals surface area contributed by atoms with Gasteiger partial charge in [-0.1, -0.05) is 0 Å². The zero-order chi connectivity index (χ0) is 9.26. The minimum absolute atomic E-state index is 0.345. The first-order valence-electron chi connectivity index (χ1n) is 4.05. The van der Waals surface area contributed by atoms with Crippen molar-refractivity contribution < 1.29 is 14.3 Å². The molecule has 1 aromatic heterocycles. The number of methoxy groups -OCH3 is 1. The van der Waals surface area contributed by atoms with Gasteiger partial charge in [0.15, 0.2) is 5.69 Å². The number of nitrogens with one attached hydrogen (secondary N) is 1. The molecule has 70 valence electrons. The fraction of sp³-hybridized carbons (Fsp3) is 0.500. The summed E-state index contributed by atoms with van der Waals surface area (Å²) in [6.45, 7) is 1.12. The molecule has 2 rings (SSSR count). The second-order valence-electron chi connectivity index (χ2n) is 2.82. The lowest BCUT2D eigenvalue weighted by Gasteiger charge is -2.11. The van der Waals surface area contributed by atoms with Crippen LogP contribution in [0.4, 0.5) is 0 Å². The van der Waals surface area contributed by atoms with Crippen molar-refractivity contribution in [1.29, 1.82) is 0 Å². The van der Waals surface area contributed by atoms with Gasteiger partial charge in [0.1, 0.15) is 0 Å². The molecule has 0 saturated carbocycles. The summed E-state index contributed by atoms with van der Waals surface area (Å²) in [7, 11) is 1.34. The van der Waals surface area contributed by atoms with Crippen LogP contribution >= 0.6 is 0 Å². The van der Waals surface area contributed by atoms with E-state index < -0.39 is 5.97 Å². The minimum atomic E-state index is -0.414. The number of hydrogen-bond acceptors (Lipinski definition) is 4. The first kappa shape index (κ1) is 8.25. The van der Waals surface area contributed by atoms with E-state index in [4.69, 9.17) is 4.74 Å². The second-order valence-corrected chi connectivity index (χ2v) is 2.82. The normalized spacial score (nSPS) is 15.2. The molecule has 1 aromatic rings. The summed E-state index contributed by atoms with van der Waals surface area (Å²) in [4.78, 5) is 11.2. The number of aromatic amines is 1. The van der Waals surface area contributed by atoms with E-state index in [9.17, 15) is 4.79 Å². The summed E-state index contributed by atoms with van der Waals surface area (Å²) >= 11 is 0. The number of aromatic nitrogens is 2. The number of carbonyl (C=O) groups excluding carboxylic acids is 1. The van der Waals surface area contributed by atoms with Gasteiger partial charge in [-0.15, -0.1) is 0 Å². The van der Waals surface area contributed by atoms with Crippen LogP contribution in [0.15, 0.2) is 0 Å². The third-order valence-corrected chi connectivity index (χ3v) is 2.07. The van der Waals surface area contributed by atoms with Gasteiger partial charge in [-0.25, -0.2) is 4.79 Å². The molecule has 0 aromatic carbocycles. The molecule has 0 aliphatic carbocycles. The Labute approximate surface area is 75.0 Å². The van der Waals surface area contributed by atoms with Crippen molar-refractivity contribution in [2.24, 2.45) is 0 Å². The van der Waals surface area contributed by atoms with Crippen LogP contribution in [0.1, 0.15) is 21.7 Å². The molecule has 5 nitrogen and oxygen atoms in total. The molecule has 5 heteroatoms. The van der Waals surface area contributed by atoms with Gasteiger partial charge in [0, 0.05) is 17.7 Å². The molecular weight excluding hydrogens is 172 g/mol. The van der Waals surface area contributed by atoms with E-state index in [2.05, 4.69) is 14.9 Å². The predicted molar refractivity (Wildman–Crippen MR) is 43.3 cm³/mol. The Balaban J connectivity index is 2.36. The van der Waals surface area contributed by atoms with Gasteiger partial charge >= 0.3 is 5.97 Å². The van der Waals surface area contributed by atoms with Crippen LogP contribution in [0.5, 0.6) is 0 Å². The summed E-state index contributed by atoms with van der Waals surface area (Å²) in [6.07, 6.45) is 0.777. The monoisotopic (exact) mass is 182 g/mol. The SMILES string of the molecule is COC(=O)c1n[nH]c2c1COCC2. The van der Waals surface area contributed by atoms with E-state index in [-0.39, 0.29) is 0 Å². The second kappa shape index (κ2) is 3.18. The van der Waals surface area contributed by atoms with E-state index >= 15 is 0 Å². The summed E-state index contributed by atoms with van der Waals surface area (Å²) in [5.41, 5.74) is 2.15. The van der Waals surface area contributed by atoms with Crippen molar-refractivity contribution in [3.8, 4) is 0 Å². The van der Waals surface area contributed by atoms with E-state index in [0.717, 1.165) is 17.7 Å². The Morgan fingerprint density at radius 2 is 2.54 bits per heavy atom. The molecule has 0 atom stereocenters. The number of hydrogen-bond donors (Lipinski definition) is 1. The third-order valence-electron chi connectivity index (χ3n) is 2.07. The molecule has 0 amide bonds. The summed E-state index contributed by atoms with van der Waals surface area (Å²) in [6, 6.07) is 0. The molecule has 2 heterocycles. The average molecular weight is 182 g/mol. The van der Waals surface area contributed by atoms with Crippen LogP contribution in [0, 0.1) is 0 Å². The Kier molecular flexibility index (Phi) is 2.02. The molecule has 0 unspecified atom stereocenters. The van der Waals surface area contributed by atoms with Gasteiger partial charge in [0.05, 0.1) is 20.3 Å². The van der Waals surface area contributed by atoms with Gasteiger partial charge in [-0.2, -0.15) is 5.10 Å². The molecule has 0 radical (unpaired) electrons. The maximum absolute atomic E-state index is 11.2. The molecule has 1 N–H and O–H groups in total. The first-order valence-corrected chi connectivity index (χ1v) is 4.05. The Morgan fingerprint density at radius 3 is 3.31 bits per heavy atom. The number of carbonyl (C=O) groups is 1. The van der Waals surface area contributed by atoms with E-state index in [1.54, 1.807) is 0 Å².